The van der Waals surface area contributed by atoms with Gasteiger partial charge in [-0.1, -0.05) is 45.7 Å². The number of fused-ring (bicyclic) bond motifs is 1. The van der Waals surface area contributed by atoms with E-state index in [1.807, 2.05) is 49.4 Å². The van der Waals surface area contributed by atoms with Crippen LogP contribution in [0.25, 0.3) is 10.9 Å². The molecule has 0 radical (unpaired) electrons. The number of amides is 1. The van der Waals surface area contributed by atoms with Gasteiger partial charge in [0.05, 0.1) is 5.02 Å². The molecule has 3 rings (SSSR count). The number of halogens is 2. The standard InChI is InChI=1S/C16H12BrClN2O/c1-9-8-10(17)6-7-12(9)20-16(21)15-14(18)11-4-2-3-5-13(11)19-15/h2-8,19H,1H3,(H,20,21). The van der Waals surface area contributed by atoms with E-state index in [0.29, 0.717) is 10.7 Å². The fourth-order valence-corrected chi connectivity index (χ4v) is 2.99. The Balaban J connectivity index is 1.95. The lowest BCUT2D eigenvalue weighted by molar-refractivity contribution is 0.102. The molecule has 0 bridgehead atoms. The zero-order valence-electron chi connectivity index (χ0n) is 11.2. The predicted molar refractivity (Wildman–Crippen MR) is 90.1 cm³/mol. The molecular weight excluding hydrogens is 352 g/mol. The van der Waals surface area contributed by atoms with Crippen molar-refractivity contribution in [1.82, 2.24) is 4.98 Å². The lowest BCUT2D eigenvalue weighted by atomic mass is 10.2. The lowest BCUT2D eigenvalue weighted by Crippen LogP contribution is -2.13. The Morgan fingerprint density at radius 2 is 2.00 bits per heavy atom. The van der Waals surface area contributed by atoms with Gasteiger partial charge in [0.2, 0.25) is 0 Å². The molecule has 2 N–H and O–H groups in total. The van der Waals surface area contributed by atoms with Gasteiger partial charge < -0.3 is 10.3 Å². The van der Waals surface area contributed by atoms with Crippen LogP contribution in [0.2, 0.25) is 5.02 Å². The number of aromatic nitrogens is 1. The number of aryl methyl sites for hydroxylation is 1. The third kappa shape index (κ3) is 2.69. The van der Waals surface area contributed by atoms with Crippen LogP contribution in [0.5, 0.6) is 0 Å². The Bertz CT molecular complexity index is 841. The zero-order chi connectivity index (χ0) is 15.0. The van der Waals surface area contributed by atoms with Gasteiger partial charge in [-0.3, -0.25) is 4.79 Å². The van der Waals surface area contributed by atoms with Crippen molar-refractivity contribution in [1.29, 1.82) is 0 Å². The summed E-state index contributed by atoms with van der Waals surface area (Å²) in [6, 6.07) is 13.3. The van der Waals surface area contributed by atoms with Crippen LogP contribution in [0.4, 0.5) is 5.69 Å². The van der Waals surface area contributed by atoms with Crippen molar-refractivity contribution in [3.8, 4) is 0 Å². The second-order valence-corrected chi connectivity index (χ2v) is 6.07. The Labute approximate surface area is 135 Å². The van der Waals surface area contributed by atoms with Crippen molar-refractivity contribution >= 4 is 50.0 Å². The summed E-state index contributed by atoms with van der Waals surface area (Å²) < 4.78 is 0.974. The van der Waals surface area contributed by atoms with Gasteiger partial charge in [-0.15, -0.1) is 0 Å². The van der Waals surface area contributed by atoms with Crippen LogP contribution >= 0.6 is 27.5 Å². The van der Waals surface area contributed by atoms with Crippen molar-refractivity contribution < 1.29 is 4.79 Å². The van der Waals surface area contributed by atoms with E-state index in [9.17, 15) is 4.79 Å². The molecular formula is C16H12BrClN2O. The number of carbonyl (C=O) groups is 1. The highest BCUT2D eigenvalue weighted by molar-refractivity contribution is 9.10. The number of para-hydroxylation sites is 1. The van der Waals surface area contributed by atoms with Gasteiger partial charge in [0.15, 0.2) is 0 Å². The first-order valence-electron chi connectivity index (χ1n) is 6.40. The minimum Gasteiger partial charge on any atom is -0.349 e. The van der Waals surface area contributed by atoms with E-state index >= 15 is 0 Å². The average Bonchev–Trinajstić information content (AvgIpc) is 2.80. The first-order chi connectivity index (χ1) is 10.1. The molecule has 0 aliphatic carbocycles. The minimum atomic E-state index is -0.248. The summed E-state index contributed by atoms with van der Waals surface area (Å²) in [5.41, 5.74) is 2.96. The second kappa shape index (κ2) is 5.54. The smallest absolute Gasteiger partial charge is 0.273 e. The molecule has 21 heavy (non-hydrogen) atoms. The molecule has 0 spiro atoms. The first kappa shape index (κ1) is 14.2. The highest BCUT2D eigenvalue weighted by Gasteiger charge is 2.16. The molecule has 5 heteroatoms. The summed E-state index contributed by atoms with van der Waals surface area (Å²) in [4.78, 5) is 15.5. The average molecular weight is 364 g/mol. The molecule has 0 saturated heterocycles. The van der Waals surface area contributed by atoms with Gasteiger partial charge >= 0.3 is 0 Å². The van der Waals surface area contributed by atoms with Crippen molar-refractivity contribution in [3.63, 3.8) is 0 Å². The molecule has 106 valence electrons. The van der Waals surface area contributed by atoms with Gasteiger partial charge in [0.25, 0.3) is 5.91 Å². The lowest BCUT2D eigenvalue weighted by Gasteiger charge is -2.08. The van der Waals surface area contributed by atoms with Crippen LogP contribution < -0.4 is 5.32 Å². The second-order valence-electron chi connectivity index (χ2n) is 4.77. The summed E-state index contributed by atoms with van der Waals surface area (Å²) >= 11 is 9.69. The molecule has 3 aromatic rings. The molecule has 1 aromatic heterocycles. The molecule has 0 aliphatic heterocycles. The highest BCUT2D eigenvalue weighted by Crippen LogP contribution is 2.28. The largest absolute Gasteiger partial charge is 0.349 e. The van der Waals surface area contributed by atoms with E-state index in [4.69, 9.17) is 11.6 Å². The summed E-state index contributed by atoms with van der Waals surface area (Å²) in [5.74, 6) is -0.248. The van der Waals surface area contributed by atoms with E-state index in [2.05, 4.69) is 26.2 Å². The third-order valence-electron chi connectivity index (χ3n) is 3.31. The van der Waals surface area contributed by atoms with Crippen LogP contribution in [0.15, 0.2) is 46.9 Å². The number of nitrogens with one attached hydrogen (secondary N) is 2. The number of anilines is 1. The third-order valence-corrected chi connectivity index (χ3v) is 4.19. The number of hydrogen-bond donors (Lipinski definition) is 2. The molecule has 1 heterocycles. The normalized spacial score (nSPS) is 10.8. The van der Waals surface area contributed by atoms with Crippen molar-refractivity contribution in [2.45, 2.75) is 6.92 Å². The molecule has 0 unspecified atom stereocenters. The predicted octanol–water partition coefficient (Wildman–Crippen LogP) is 5.14. The fourth-order valence-electron chi connectivity index (χ4n) is 2.22. The van der Waals surface area contributed by atoms with Gasteiger partial charge in [-0.05, 0) is 36.8 Å². The number of rotatable bonds is 2. The van der Waals surface area contributed by atoms with Crippen molar-refractivity contribution in [3.05, 3.63) is 63.2 Å². The summed E-state index contributed by atoms with van der Waals surface area (Å²) in [6.07, 6.45) is 0. The van der Waals surface area contributed by atoms with E-state index in [1.54, 1.807) is 0 Å². The number of benzene rings is 2. The van der Waals surface area contributed by atoms with Crippen LogP contribution in [0.3, 0.4) is 0 Å². The van der Waals surface area contributed by atoms with Crippen molar-refractivity contribution in [2.75, 3.05) is 5.32 Å². The quantitative estimate of drug-likeness (QED) is 0.650. The minimum absolute atomic E-state index is 0.248. The van der Waals surface area contributed by atoms with Crippen LogP contribution in [-0.4, -0.2) is 10.9 Å². The van der Waals surface area contributed by atoms with Crippen LogP contribution in [0, 0.1) is 6.92 Å². The molecule has 1 amide bonds. The van der Waals surface area contributed by atoms with Crippen LogP contribution in [0.1, 0.15) is 16.1 Å². The monoisotopic (exact) mass is 362 g/mol. The van der Waals surface area contributed by atoms with E-state index in [0.717, 1.165) is 26.6 Å². The summed E-state index contributed by atoms with van der Waals surface area (Å²) in [7, 11) is 0. The molecule has 3 nitrogen and oxygen atoms in total. The molecule has 0 aliphatic rings. The first-order valence-corrected chi connectivity index (χ1v) is 7.57. The maximum Gasteiger partial charge on any atom is 0.273 e. The van der Waals surface area contributed by atoms with Gasteiger partial charge in [-0.25, -0.2) is 0 Å². The molecule has 0 atom stereocenters. The molecule has 2 aromatic carbocycles. The number of carbonyl (C=O) groups excluding carboxylic acids is 1. The van der Waals surface area contributed by atoms with Gasteiger partial charge in [0, 0.05) is 21.1 Å². The Kier molecular flexibility index (Phi) is 3.74. The Morgan fingerprint density at radius 1 is 1.24 bits per heavy atom. The number of aromatic amines is 1. The fraction of sp³-hybridized carbons (Fsp3) is 0.0625. The maximum atomic E-state index is 12.4. The van der Waals surface area contributed by atoms with Gasteiger partial charge in [0.1, 0.15) is 5.69 Å². The number of H-pyrrole nitrogens is 1. The van der Waals surface area contributed by atoms with Gasteiger partial charge in [-0.2, -0.15) is 0 Å². The Morgan fingerprint density at radius 3 is 2.71 bits per heavy atom. The summed E-state index contributed by atoms with van der Waals surface area (Å²) in [5, 5.41) is 4.17. The topological polar surface area (TPSA) is 44.9 Å². The van der Waals surface area contributed by atoms with E-state index < -0.39 is 0 Å². The highest BCUT2D eigenvalue weighted by atomic mass is 79.9. The molecule has 0 saturated carbocycles. The maximum absolute atomic E-state index is 12.4. The van der Waals surface area contributed by atoms with E-state index in [-0.39, 0.29) is 5.91 Å². The van der Waals surface area contributed by atoms with E-state index in [1.165, 1.54) is 0 Å². The Hall–Kier alpha value is -1.78. The van der Waals surface area contributed by atoms with Crippen LogP contribution in [-0.2, 0) is 0 Å². The SMILES string of the molecule is Cc1cc(Br)ccc1NC(=O)c1[nH]c2ccccc2c1Cl. The zero-order valence-corrected chi connectivity index (χ0v) is 13.5. The van der Waals surface area contributed by atoms with Crippen molar-refractivity contribution in [2.24, 2.45) is 0 Å². The number of hydrogen-bond acceptors (Lipinski definition) is 1. The molecule has 0 fully saturated rings. The summed E-state index contributed by atoms with van der Waals surface area (Å²) in [6.45, 7) is 1.94.